The fourth-order valence-electron chi connectivity index (χ4n) is 1.37. The second kappa shape index (κ2) is 5.67. The standard InChI is InChI=1S/C13H20ClNO/c1-13(2,3)16-9-12(15-4)10-5-7-11(14)8-6-10/h5-8,12,15H,9H2,1-4H3. The van der Waals surface area contributed by atoms with Gasteiger partial charge in [0, 0.05) is 5.02 Å². The van der Waals surface area contributed by atoms with Crippen LogP contribution in [-0.4, -0.2) is 19.3 Å². The Morgan fingerprint density at radius 1 is 1.25 bits per heavy atom. The highest BCUT2D eigenvalue weighted by atomic mass is 35.5. The summed E-state index contributed by atoms with van der Waals surface area (Å²) in [4.78, 5) is 0. The maximum absolute atomic E-state index is 5.86. The van der Waals surface area contributed by atoms with Gasteiger partial charge in [-0.05, 0) is 45.5 Å². The van der Waals surface area contributed by atoms with Gasteiger partial charge in [0.25, 0.3) is 0 Å². The zero-order chi connectivity index (χ0) is 12.2. The lowest BCUT2D eigenvalue weighted by Crippen LogP contribution is -2.28. The molecular weight excluding hydrogens is 222 g/mol. The molecule has 0 saturated carbocycles. The van der Waals surface area contributed by atoms with Crippen molar-refractivity contribution in [2.75, 3.05) is 13.7 Å². The van der Waals surface area contributed by atoms with E-state index in [1.165, 1.54) is 5.56 Å². The maximum atomic E-state index is 5.86. The van der Waals surface area contributed by atoms with Crippen molar-refractivity contribution in [3.8, 4) is 0 Å². The first-order valence-electron chi connectivity index (χ1n) is 5.49. The van der Waals surface area contributed by atoms with E-state index >= 15 is 0 Å². The van der Waals surface area contributed by atoms with Crippen molar-refractivity contribution in [3.63, 3.8) is 0 Å². The van der Waals surface area contributed by atoms with Gasteiger partial charge < -0.3 is 10.1 Å². The lowest BCUT2D eigenvalue weighted by molar-refractivity contribution is -0.0139. The first-order valence-corrected chi connectivity index (χ1v) is 5.87. The zero-order valence-electron chi connectivity index (χ0n) is 10.4. The molecule has 16 heavy (non-hydrogen) atoms. The Morgan fingerprint density at radius 2 is 1.81 bits per heavy atom. The molecule has 0 fully saturated rings. The summed E-state index contributed by atoms with van der Waals surface area (Å²) >= 11 is 5.86. The number of likely N-dealkylation sites (N-methyl/N-ethyl adjacent to an activating group) is 1. The van der Waals surface area contributed by atoms with Crippen LogP contribution in [0.15, 0.2) is 24.3 Å². The number of ether oxygens (including phenoxy) is 1. The van der Waals surface area contributed by atoms with Gasteiger partial charge in [0.05, 0.1) is 18.2 Å². The number of rotatable bonds is 4. The molecule has 1 aromatic rings. The molecule has 1 rings (SSSR count). The molecule has 90 valence electrons. The van der Waals surface area contributed by atoms with Crippen LogP contribution in [0.3, 0.4) is 0 Å². The molecule has 1 unspecified atom stereocenters. The van der Waals surface area contributed by atoms with E-state index in [4.69, 9.17) is 16.3 Å². The SMILES string of the molecule is CNC(COC(C)(C)C)c1ccc(Cl)cc1. The smallest absolute Gasteiger partial charge is 0.0668 e. The van der Waals surface area contributed by atoms with Crippen LogP contribution < -0.4 is 5.32 Å². The highest BCUT2D eigenvalue weighted by Gasteiger charge is 2.15. The summed E-state index contributed by atoms with van der Waals surface area (Å²) in [5, 5.41) is 4.00. The summed E-state index contributed by atoms with van der Waals surface area (Å²) in [5.41, 5.74) is 1.08. The molecule has 1 atom stereocenters. The number of hydrogen-bond acceptors (Lipinski definition) is 2. The van der Waals surface area contributed by atoms with Crippen molar-refractivity contribution in [1.82, 2.24) is 5.32 Å². The van der Waals surface area contributed by atoms with Crippen molar-refractivity contribution in [2.24, 2.45) is 0 Å². The largest absolute Gasteiger partial charge is 0.374 e. The normalized spacial score (nSPS) is 13.8. The average molecular weight is 242 g/mol. The molecule has 0 aliphatic rings. The van der Waals surface area contributed by atoms with Gasteiger partial charge in [-0.25, -0.2) is 0 Å². The van der Waals surface area contributed by atoms with Gasteiger partial charge in [0.15, 0.2) is 0 Å². The number of hydrogen-bond donors (Lipinski definition) is 1. The van der Waals surface area contributed by atoms with Crippen LogP contribution in [0.1, 0.15) is 32.4 Å². The summed E-state index contributed by atoms with van der Waals surface area (Å²) in [5.74, 6) is 0. The number of halogens is 1. The molecule has 3 heteroatoms. The molecule has 0 aliphatic heterocycles. The van der Waals surface area contributed by atoms with E-state index in [1.54, 1.807) is 0 Å². The fourth-order valence-corrected chi connectivity index (χ4v) is 1.50. The third-order valence-corrected chi connectivity index (χ3v) is 2.56. The van der Waals surface area contributed by atoms with Crippen LogP contribution in [0.25, 0.3) is 0 Å². The third kappa shape index (κ3) is 4.52. The van der Waals surface area contributed by atoms with Gasteiger partial charge in [0.1, 0.15) is 0 Å². The lowest BCUT2D eigenvalue weighted by Gasteiger charge is -2.24. The Kier molecular flexibility index (Phi) is 4.78. The molecule has 1 aromatic carbocycles. The van der Waals surface area contributed by atoms with Gasteiger partial charge in [-0.1, -0.05) is 23.7 Å². The van der Waals surface area contributed by atoms with Crippen LogP contribution in [-0.2, 0) is 4.74 Å². The van der Waals surface area contributed by atoms with Crippen molar-refractivity contribution < 1.29 is 4.74 Å². The van der Waals surface area contributed by atoms with E-state index in [2.05, 4.69) is 26.1 Å². The highest BCUT2D eigenvalue weighted by molar-refractivity contribution is 6.30. The van der Waals surface area contributed by atoms with Crippen LogP contribution in [0, 0.1) is 0 Å². The van der Waals surface area contributed by atoms with E-state index in [-0.39, 0.29) is 11.6 Å². The van der Waals surface area contributed by atoms with Gasteiger partial charge in [0.2, 0.25) is 0 Å². The Balaban J connectivity index is 2.64. The summed E-state index contributed by atoms with van der Waals surface area (Å²) in [6.07, 6.45) is 0. The molecule has 1 N–H and O–H groups in total. The quantitative estimate of drug-likeness (QED) is 0.872. The molecule has 0 amide bonds. The van der Waals surface area contributed by atoms with Crippen molar-refractivity contribution >= 4 is 11.6 Å². The molecule has 0 bridgehead atoms. The monoisotopic (exact) mass is 241 g/mol. The second-order valence-corrected chi connectivity index (χ2v) is 5.25. The summed E-state index contributed by atoms with van der Waals surface area (Å²) in [6.45, 7) is 6.83. The fraction of sp³-hybridized carbons (Fsp3) is 0.538. The molecule has 0 spiro atoms. The Hall–Kier alpha value is -0.570. The first kappa shape index (κ1) is 13.5. The molecule has 0 heterocycles. The Bertz CT molecular complexity index is 316. The van der Waals surface area contributed by atoms with Gasteiger partial charge >= 0.3 is 0 Å². The topological polar surface area (TPSA) is 21.3 Å². The van der Waals surface area contributed by atoms with Crippen molar-refractivity contribution in [2.45, 2.75) is 32.4 Å². The highest BCUT2D eigenvalue weighted by Crippen LogP contribution is 2.18. The summed E-state index contributed by atoms with van der Waals surface area (Å²) in [6, 6.07) is 8.05. The third-order valence-electron chi connectivity index (χ3n) is 2.30. The van der Waals surface area contributed by atoms with Crippen LogP contribution in [0.5, 0.6) is 0 Å². The van der Waals surface area contributed by atoms with Crippen molar-refractivity contribution in [1.29, 1.82) is 0 Å². The zero-order valence-corrected chi connectivity index (χ0v) is 11.1. The minimum Gasteiger partial charge on any atom is -0.374 e. The molecule has 2 nitrogen and oxygen atoms in total. The molecular formula is C13H20ClNO. The second-order valence-electron chi connectivity index (χ2n) is 4.82. The molecule has 0 aromatic heterocycles. The van der Waals surface area contributed by atoms with E-state index < -0.39 is 0 Å². The van der Waals surface area contributed by atoms with Crippen LogP contribution in [0.2, 0.25) is 5.02 Å². The predicted molar refractivity (Wildman–Crippen MR) is 69.0 cm³/mol. The molecule has 0 radical (unpaired) electrons. The van der Waals surface area contributed by atoms with Crippen LogP contribution in [0.4, 0.5) is 0 Å². The predicted octanol–water partition coefficient (Wildman–Crippen LogP) is 3.42. The minimum absolute atomic E-state index is 0.110. The van der Waals surface area contributed by atoms with E-state index in [9.17, 15) is 0 Å². The van der Waals surface area contributed by atoms with Gasteiger partial charge in [-0.2, -0.15) is 0 Å². The number of nitrogens with one attached hydrogen (secondary N) is 1. The first-order chi connectivity index (χ1) is 7.42. The Labute approximate surface area is 103 Å². The van der Waals surface area contributed by atoms with E-state index in [1.807, 2.05) is 31.3 Å². The maximum Gasteiger partial charge on any atom is 0.0668 e. The average Bonchev–Trinajstić information content (AvgIpc) is 2.20. The summed E-state index contributed by atoms with van der Waals surface area (Å²) in [7, 11) is 1.94. The number of benzene rings is 1. The molecule has 0 aliphatic carbocycles. The van der Waals surface area contributed by atoms with Crippen molar-refractivity contribution in [3.05, 3.63) is 34.9 Å². The lowest BCUT2D eigenvalue weighted by atomic mass is 10.1. The van der Waals surface area contributed by atoms with E-state index in [0.29, 0.717) is 6.61 Å². The van der Waals surface area contributed by atoms with Gasteiger partial charge in [-0.15, -0.1) is 0 Å². The Morgan fingerprint density at radius 3 is 2.25 bits per heavy atom. The van der Waals surface area contributed by atoms with Gasteiger partial charge in [-0.3, -0.25) is 0 Å². The summed E-state index contributed by atoms with van der Waals surface area (Å²) < 4.78 is 5.77. The molecule has 0 saturated heterocycles. The minimum atomic E-state index is -0.110. The van der Waals surface area contributed by atoms with E-state index in [0.717, 1.165) is 5.02 Å². The van der Waals surface area contributed by atoms with Crippen LogP contribution >= 0.6 is 11.6 Å².